The first-order valence-electron chi connectivity index (χ1n) is 6.61. The van der Waals surface area contributed by atoms with Gasteiger partial charge in [-0.2, -0.15) is 0 Å². The molecule has 1 aromatic carbocycles. The van der Waals surface area contributed by atoms with Gasteiger partial charge in [-0.25, -0.2) is 4.39 Å². The molecule has 3 nitrogen and oxygen atoms in total. The second kappa shape index (κ2) is 5.24. The number of likely N-dealkylation sites (tertiary alicyclic amines) is 1. The normalized spacial score (nSPS) is 23.3. The van der Waals surface area contributed by atoms with Gasteiger partial charge in [-0.15, -0.1) is 0 Å². The van der Waals surface area contributed by atoms with Crippen LogP contribution in [0.5, 0.6) is 0 Å². The lowest BCUT2D eigenvalue weighted by molar-refractivity contribution is 0.134. The first-order chi connectivity index (χ1) is 8.81. The average molecular weight is 250 g/mol. The van der Waals surface area contributed by atoms with Gasteiger partial charge in [0.25, 0.3) is 0 Å². The molecule has 0 amide bonds. The highest BCUT2D eigenvalue weighted by Gasteiger charge is 2.20. The SMILES string of the molecule is FC1CCN(CCNc2ccc3c(c2)COC3)C1. The van der Waals surface area contributed by atoms with Crippen molar-refractivity contribution in [1.29, 1.82) is 0 Å². The lowest BCUT2D eigenvalue weighted by atomic mass is 10.1. The monoisotopic (exact) mass is 250 g/mol. The van der Waals surface area contributed by atoms with Crippen molar-refractivity contribution in [3.8, 4) is 0 Å². The number of alkyl halides is 1. The molecule has 0 spiro atoms. The lowest BCUT2D eigenvalue weighted by Crippen LogP contribution is -2.27. The molecule has 4 heteroatoms. The van der Waals surface area contributed by atoms with E-state index in [-0.39, 0.29) is 0 Å². The molecule has 2 aliphatic heterocycles. The number of anilines is 1. The van der Waals surface area contributed by atoms with E-state index in [0.29, 0.717) is 13.0 Å². The molecule has 0 radical (unpaired) electrons. The van der Waals surface area contributed by atoms with Gasteiger partial charge < -0.3 is 10.1 Å². The molecule has 2 heterocycles. The summed E-state index contributed by atoms with van der Waals surface area (Å²) in [6, 6.07) is 6.37. The molecule has 2 aliphatic rings. The zero-order valence-corrected chi connectivity index (χ0v) is 10.5. The first-order valence-corrected chi connectivity index (χ1v) is 6.61. The molecule has 1 aromatic rings. The zero-order valence-electron chi connectivity index (χ0n) is 10.5. The van der Waals surface area contributed by atoms with Crippen LogP contribution in [-0.2, 0) is 18.0 Å². The van der Waals surface area contributed by atoms with Crippen molar-refractivity contribution in [3.05, 3.63) is 29.3 Å². The minimum Gasteiger partial charge on any atom is -0.384 e. The van der Waals surface area contributed by atoms with Crippen LogP contribution in [0.4, 0.5) is 10.1 Å². The van der Waals surface area contributed by atoms with Gasteiger partial charge >= 0.3 is 0 Å². The van der Waals surface area contributed by atoms with E-state index in [4.69, 9.17) is 4.74 Å². The lowest BCUT2D eigenvalue weighted by Gasteiger charge is -2.15. The summed E-state index contributed by atoms with van der Waals surface area (Å²) in [4.78, 5) is 2.17. The Morgan fingerprint density at radius 1 is 1.33 bits per heavy atom. The Kier molecular flexibility index (Phi) is 3.48. The third-order valence-corrected chi connectivity index (χ3v) is 3.69. The summed E-state index contributed by atoms with van der Waals surface area (Å²) < 4.78 is 18.4. The van der Waals surface area contributed by atoms with Crippen LogP contribution in [0.15, 0.2) is 18.2 Å². The van der Waals surface area contributed by atoms with Gasteiger partial charge in [-0.3, -0.25) is 4.90 Å². The molecular weight excluding hydrogens is 231 g/mol. The number of ether oxygens (including phenoxy) is 1. The maximum atomic E-state index is 13.0. The van der Waals surface area contributed by atoms with Crippen molar-refractivity contribution in [2.24, 2.45) is 0 Å². The van der Waals surface area contributed by atoms with Gasteiger partial charge in [0.05, 0.1) is 13.2 Å². The number of nitrogens with zero attached hydrogens (tertiary/aromatic N) is 1. The Morgan fingerprint density at radius 2 is 2.22 bits per heavy atom. The first kappa shape index (κ1) is 11.9. The van der Waals surface area contributed by atoms with Crippen LogP contribution < -0.4 is 5.32 Å². The molecule has 0 bridgehead atoms. The largest absolute Gasteiger partial charge is 0.384 e. The number of rotatable bonds is 4. The van der Waals surface area contributed by atoms with Crippen LogP contribution in [0.25, 0.3) is 0 Å². The number of hydrogen-bond acceptors (Lipinski definition) is 3. The molecule has 0 saturated carbocycles. The Bertz CT molecular complexity index is 424. The van der Waals surface area contributed by atoms with Gasteiger partial charge in [0.1, 0.15) is 6.17 Å². The summed E-state index contributed by atoms with van der Waals surface area (Å²) in [7, 11) is 0. The molecule has 1 N–H and O–H groups in total. The Labute approximate surface area is 107 Å². The molecule has 1 fully saturated rings. The summed E-state index contributed by atoms with van der Waals surface area (Å²) in [5.41, 5.74) is 3.71. The van der Waals surface area contributed by atoms with Gasteiger partial charge in [0.15, 0.2) is 0 Å². The molecule has 1 unspecified atom stereocenters. The molecule has 3 rings (SSSR count). The van der Waals surface area contributed by atoms with E-state index in [0.717, 1.165) is 38.5 Å². The van der Waals surface area contributed by atoms with Crippen LogP contribution in [0.2, 0.25) is 0 Å². The maximum absolute atomic E-state index is 13.0. The Balaban J connectivity index is 1.48. The molecule has 1 saturated heterocycles. The predicted octanol–water partition coefficient (Wildman–Crippen LogP) is 2.17. The fourth-order valence-corrected chi connectivity index (χ4v) is 2.63. The zero-order chi connectivity index (χ0) is 12.4. The fourth-order valence-electron chi connectivity index (χ4n) is 2.63. The molecular formula is C14H19FN2O. The van der Waals surface area contributed by atoms with Crippen molar-refractivity contribution >= 4 is 5.69 Å². The number of nitrogens with one attached hydrogen (secondary N) is 1. The number of benzene rings is 1. The van der Waals surface area contributed by atoms with Crippen molar-refractivity contribution in [2.75, 3.05) is 31.5 Å². The second-order valence-electron chi connectivity index (χ2n) is 5.09. The van der Waals surface area contributed by atoms with Gasteiger partial charge in [0, 0.05) is 31.9 Å². The van der Waals surface area contributed by atoms with Crippen molar-refractivity contribution in [3.63, 3.8) is 0 Å². The third kappa shape index (κ3) is 2.65. The summed E-state index contributed by atoms with van der Waals surface area (Å²) in [5.74, 6) is 0. The van der Waals surface area contributed by atoms with Crippen molar-refractivity contribution < 1.29 is 9.13 Å². The molecule has 0 aromatic heterocycles. The van der Waals surface area contributed by atoms with E-state index >= 15 is 0 Å². The summed E-state index contributed by atoms with van der Waals surface area (Å²) in [5, 5.41) is 3.40. The van der Waals surface area contributed by atoms with Crippen LogP contribution >= 0.6 is 0 Å². The number of halogens is 1. The van der Waals surface area contributed by atoms with Crippen LogP contribution in [0.3, 0.4) is 0 Å². The van der Waals surface area contributed by atoms with E-state index in [1.165, 1.54) is 11.1 Å². The summed E-state index contributed by atoms with van der Waals surface area (Å²) in [6.07, 6.45) is 0.0676. The quantitative estimate of drug-likeness (QED) is 0.886. The van der Waals surface area contributed by atoms with Crippen LogP contribution in [0.1, 0.15) is 17.5 Å². The smallest absolute Gasteiger partial charge is 0.114 e. The highest BCUT2D eigenvalue weighted by molar-refractivity contribution is 5.49. The van der Waals surface area contributed by atoms with Crippen LogP contribution in [0, 0.1) is 0 Å². The highest BCUT2D eigenvalue weighted by atomic mass is 19.1. The van der Waals surface area contributed by atoms with E-state index in [1.54, 1.807) is 0 Å². The standard InChI is InChI=1S/C14H19FN2O/c15-13-3-5-17(8-13)6-4-16-14-2-1-11-9-18-10-12(11)7-14/h1-2,7,13,16H,3-6,8-10H2. The number of hydrogen-bond donors (Lipinski definition) is 1. The van der Waals surface area contributed by atoms with Crippen molar-refractivity contribution in [2.45, 2.75) is 25.8 Å². The Morgan fingerprint density at radius 3 is 3.06 bits per heavy atom. The third-order valence-electron chi connectivity index (χ3n) is 3.69. The minimum absolute atomic E-state index is 0.597. The van der Waals surface area contributed by atoms with Gasteiger partial charge in [0.2, 0.25) is 0 Å². The molecule has 1 atom stereocenters. The fraction of sp³-hybridized carbons (Fsp3) is 0.571. The molecule has 98 valence electrons. The van der Waals surface area contributed by atoms with E-state index in [1.807, 2.05) is 0 Å². The predicted molar refractivity (Wildman–Crippen MR) is 69.4 cm³/mol. The topological polar surface area (TPSA) is 24.5 Å². The van der Waals surface area contributed by atoms with Gasteiger partial charge in [-0.05, 0) is 29.7 Å². The van der Waals surface area contributed by atoms with Crippen molar-refractivity contribution in [1.82, 2.24) is 4.90 Å². The number of fused-ring (bicyclic) bond motifs is 1. The highest BCUT2D eigenvalue weighted by Crippen LogP contribution is 2.23. The maximum Gasteiger partial charge on any atom is 0.114 e. The van der Waals surface area contributed by atoms with E-state index in [9.17, 15) is 4.39 Å². The summed E-state index contributed by atoms with van der Waals surface area (Å²) in [6.45, 7) is 4.72. The molecule has 0 aliphatic carbocycles. The van der Waals surface area contributed by atoms with Gasteiger partial charge in [-0.1, -0.05) is 6.07 Å². The second-order valence-corrected chi connectivity index (χ2v) is 5.09. The van der Waals surface area contributed by atoms with E-state index in [2.05, 4.69) is 28.4 Å². The minimum atomic E-state index is -0.623. The average Bonchev–Trinajstić information content (AvgIpc) is 2.97. The summed E-state index contributed by atoms with van der Waals surface area (Å²) >= 11 is 0. The molecule has 18 heavy (non-hydrogen) atoms. The van der Waals surface area contributed by atoms with E-state index < -0.39 is 6.17 Å². The Hall–Kier alpha value is -1.13. The van der Waals surface area contributed by atoms with Crippen LogP contribution in [-0.4, -0.2) is 37.3 Å².